The van der Waals surface area contributed by atoms with Gasteiger partial charge in [-0.2, -0.15) is 13.2 Å². The average molecular weight is 430 g/mol. The topological polar surface area (TPSA) is 42.0 Å². The van der Waals surface area contributed by atoms with Crippen molar-refractivity contribution < 1.29 is 18.0 Å². The molecule has 20 heavy (non-hydrogen) atoms. The van der Waals surface area contributed by atoms with E-state index in [9.17, 15) is 18.0 Å². The number of carbonyl (C=O) groups excluding carboxylic acids is 1. The molecule has 106 valence electrons. The monoisotopic (exact) mass is 428 g/mol. The number of amides is 1. The van der Waals surface area contributed by atoms with Crippen LogP contribution in [0.4, 0.5) is 18.3 Å². The van der Waals surface area contributed by atoms with Crippen LogP contribution in [0.15, 0.2) is 32.7 Å². The first-order valence-electron chi connectivity index (χ1n) is 5.07. The van der Waals surface area contributed by atoms with Crippen molar-refractivity contribution in [3.8, 4) is 0 Å². The fraction of sp³-hybridized carbons (Fsp3) is 0.0909. The summed E-state index contributed by atoms with van der Waals surface area (Å²) in [6.07, 6.45) is -3.01. The molecule has 0 atom stereocenters. The van der Waals surface area contributed by atoms with Gasteiger partial charge in [0, 0.05) is 4.47 Å². The first-order chi connectivity index (χ1) is 9.27. The summed E-state index contributed by atoms with van der Waals surface area (Å²) < 4.78 is 38.9. The van der Waals surface area contributed by atoms with Crippen LogP contribution in [0.5, 0.6) is 0 Å². The van der Waals surface area contributed by atoms with Gasteiger partial charge in [0.25, 0.3) is 5.91 Å². The fourth-order valence-electron chi connectivity index (χ4n) is 1.35. The maximum Gasteiger partial charge on any atom is 0.416 e. The third-order valence-electron chi connectivity index (χ3n) is 2.24. The number of carbonyl (C=O) groups is 1. The largest absolute Gasteiger partial charge is 0.416 e. The van der Waals surface area contributed by atoms with Crippen molar-refractivity contribution in [2.75, 3.05) is 5.32 Å². The number of aromatic nitrogens is 1. The summed E-state index contributed by atoms with van der Waals surface area (Å²) >= 11 is 7.40. The van der Waals surface area contributed by atoms with Gasteiger partial charge in [0.15, 0.2) is 5.13 Å². The van der Waals surface area contributed by atoms with Gasteiger partial charge in [-0.25, -0.2) is 4.98 Å². The number of rotatable bonds is 2. The van der Waals surface area contributed by atoms with Crippen molar-refractivity contribution in [2.45, 2.75) is 6.18 Å². The highest BCUT2D eigenvalue weighted by atomic mass is 79.9. The number of nitrogens with one attached hydrogen (secondary N) is 1. The predicted molar refractivity (Wildman–Crippen MR) is 76.9 cm³/mol. The summed E-state index contributed by atoms with van der Waals surface area (Å²) in [4.78, 5) is 15.9. The van der Waals surface area contributed by atoms with Crippen molar-refractivity contribution in [1.29, 1.82) is 0 Å². The van der Waals surface area contributed by atoms with Crippen LogP contribution in [-0.4, -0.2) is 10.9 Å². The quantitative estimate of drug-likeness (QED) is 0.734. The van der Waals surface area contributed by atoms with E-state index in [1.165, 1.54) is 12.3 Å². The fourth-order valence-corrected chi connectivity index (χ4v) is 2.88. The zero-order valence-electron chi connectivity index (χ0n) is 9.46. The zero-order valence-corrected chi connectivity index (χ0v) is 13.5. The Labute approximate surface area is 132 Å². The highest BCUT2D eigenvalue weighted by Gasteiger charge is 2.31. The Kier molecular flexibility index (Phi) is 4.50. The minimum atomic E-state index is -4.50. The van der Waals surface area contributed by atoms with Crippen LogP contribution in [0.3, 0.4) is 0 Å². The third kappa shape index (κ3) is 3.58. The molecule has 0 bridgehead atoms. The van der Waals surface area contributed by atoms with Crippen molar-refractivity contribution in [2.24, 2.45) is 0 Å². The molecule has 3 nitrogen and oxygen atoms in total. The van der Waals surface area contributed by atoms with E-state index in [2.05, 4.69) is 42.2 Å². The van der Waals surface area contributed by atoms with E-state index in [1.807, 2.05) is 0 Å². The molecule has 0 saturated carbocycles. The molecular formula is C11H5Br2F3N2OS. The first kappa shape index (κ1) is 15.5. The molecule has 1 aromatic carbocycles. The van der Waals surface area contributed by atoms with E-state index in [0.717, 1.165) is 23.5 Å². The Morgan fingerprint density at radius 2 is 2.00 bits per heavy atom. The van der Waals surface area contributed by atoms with Crippen LogP contribution in [0.2, 0.25) is 0 Å². The van der Waals surface area contributed by atoms with Crippen LogP contribution in [0.25, 0.3) is 0 Å². The zero-order chi connectivity index (χ0) is 14.9. The minimum Gasteiger partial charge on any atom is -0.298 e. The van der Waals surface area contributed by atoms with Crippen LogP contribution < -0.4 is 5.32 Å². The number of benzene rings is 1. The lowest BCUT2D eigenvalue weighted by Gasteiger charge is -2.10. The van der Waals surface area contributed by atoms with Crippen LogP contribution >= 0.6 is 43.2 Å². The molecule has 0 aliphatic heterocycles. The maximum atomic E-state index is 12.6. The van der Waals surface area contributed by atoms with Gasteiger partial charge in [0.05, 0.1) is 21.1 Å². The van der Waals surface area contributed by atoms with Gasteiger partial charge in [-0.1, -0.05) is 11.3 Å². The Morgan fingerprint density at radius 1 is 1.30 bits per heavy atom. The second-order valence-electron chi connectivity index (χ2n) is 3.62. The lowest BCUT2D eigenvalue weighted by Crippen LogP contribution is -2.14. The van der Waals surface area contributed by atoms with Gasteiger partial charge in [0.1, 0.15) is 0 Å². The van der Waals surface area contributed by atoms with Gasteiger partial charge in [0.2, 0.25) is 0 Å². The minimum absolute atomic E-state index is 0.105. The maximum absolute atomic E-state index is 12.6. The number of nitrogens with zero attached hydrogens (tertiary/aromatic N) is 1. The molecule has 0 radical (unpaired) electrons. The van der Waals surface area contributed by atoms with Gasteiger partial charge >= 0.3 is 6.18 Å². The Morgan fingerprint density at radius 3 is 2.55 bits per heavy atom. The molecule has 2 rings (SSSR count). The Balaban J connectivity index is 2.29. The Hall–Kier alpha value is -0.930. The molecule has 9 heteroatoms. The highest BCUT2D eigenvalue weighted by molar-refractivity contribution is 9.11. The van der Waals surface area contributed by atoms with Gasteiger partial charge < -0.3 is 0 Å². The molecule has 0 fully saturated rings. The molecule has 1 N–H and O–H groups in total. The average Bonchev–Trinajstić information content (AvgIpc) is 2.73. The van der Waals surface area contributed by atoms with Crippen molar-refractivity contribution in [3.63, 3.8) is 0 Å². The van der Waals surface area contributed by atoms with Crippen molar-refractivity contribution in [1.82, 2.24) is 4.98 Å². The summed E-state index contributed by atoms with van der Waals surface area (Å²) in [7, 11) is 0. The number of thiazole rings is 1. The molecule has 0 aliphatic rings. The number of hydrogen-bond donors (Lipinski definition) is 1. The summed E-state index contributed by atoms with van der Waals surface area (Å²) in [6.45, 7) is 0. The Bertz CT molecular complexity index is 657. The normalized spacial score (nSPS) is 11.4. The molecule has 2 aromatic rings. The van der Waals surface area contributed by atoms with Gasteiger partial charge in [-0.05, 0) is 50.1 Å². The molecule has 1 aromatic heterocycles. The van der Waals surface area contributed by atoms with Crippen molar-refractivity contribution >= 4 is 54.2 Å². The van der Waals surface area contributed by atoms with Crippen LogP contribution in [-0.2, 0) is 6.18 Å². The summed E-state index contributed by atoms with van der Waals surface area (Å²) in [5.41, 5.74) is -0.989. The lowest BCUT2D eigenvalue weighted by atomic mass is 10.1. The summed E-state index contributed by atoms with van der Waals surface area (Å²) in [6, 6.07) is 2.89. The van der Waals surface area contributed by atoms with Gasteiger partial charge in [-0.3, -0.25) is 10.1 Å². The molecular weight excluding hydrogens is 425 g/mol. The van der Waals surface area contributed by atoms with Gasteiger partial charge in [-0.15, -0.1) is 0 Å². The summed E-state index contributed by atoms with van der Waals surface area (Å²) in [5.74, 6) is -0.662. The van der Waals surface area contributed by atoms with Crippen molar-refractivity contribution in [3.05, 3.63) is 43.8 Å². The van der Waals surface area contributed by atoms with Crippen LogP contribution in [0.1, 0.15) is 15.9 Å². The molecule has 1 heterocycles. The number of alkyl halides is 3. The standard InChI is InChI=1S/C11H5Br2F3N2OS/c12-7-2-1-5(11(14,15)16)3-6(7)9(19)18-10-17-4-8(13)20-10/h1-4H,(H,17,18,19). The third-order valence-corrected chi connectivity index (χ3v) is 4.32. The SMILES string of the molecule is O=C(Nc1ncc(Br)s1)c1cc(C(F)(F)F)ccc1Br. The van der Waals surface area contributed by atoms with E-state index in [1.54, 1.807) is 0 Å². The molecule has 1 amide bonds. The first-order valence-corrected chi connectivity index (χ1v) is 7.47. The smallest absolute Gasteiger partial charge is 0.298 e. The van der Waals surface area contributed by atoms with E-state index in [4.69, 9.17) is 0 Å². The predicted octanol–water partition coefficient (Wildman–Crippen LogP) is 4.94. The van der Waals surface area contributed by atoms with E-state index in [0.29, 0.717) is 8.92 Å². The summed E-state index contributed by atoms with van der Waals surface area (Å²) in [5, 5.41) is 2.74. The van der Waals surface area contributed by atoms with E-state index < -0.39 is 17.6 Å². The molecule has 0 saturated heterocycles. The highest BCUT2D eigenvalue weighted by Crippen LogP contribution is 2.32. The molecule has 0 spiro atoms. The molecule has 0 aliphatic carbocycles. The van der Waals surface area contributed by atoms with E-state index >= 15 is 0 Å². The lowest BCUT2D eigenvalue weighted by molar-refractivity contribution is -0.137. The molecule has 0 unspecified atom stereocenters. The number of anilines is 1. The number of halogens is 5. The van der Waals surface area contributed by atoms with Crippen LogP contribution in [0, 0.1) is 0 Å². The second-order valence-corrected chi connectivity index (χ2v) is 6.88. The number of hydrogen-bond acceptors (Lipinski definition) is 3. The second kappa shape index (κ2) is 5.82. The van der Waals surface area contributed by atoms with E-state index in [-0.39, 0.29) is 10.0 Å².